The van der Waals surface area contributed by atoms with Crippen LogP contribution in [-0.2, 0) is 18.0 Å². The molecular weight excluding hydrogens is 340 g/mol. The Morgan fingerprint density at radius 2 is 1.88 bits per heavy atom. The standard InChI is InChI=1S/C19H19ClN2O3/c1-13(2)24-17-9-8-15(10-16(17)20)19-21-18(25-22-19)12-23-11-14-6-4-3-5-7-14/h3-10,13H,11-12H2,1-2H3. The third kappa shape index (κ3) is 4.81. The van der Waals surface area contributed by atoms with Gasteiger partial charge in [-0.3, -0.25) is 0 Å². The molecule has 5 nitrogen and oxygen atoms in total. The molecule has 2 aromatic carbocycles. The highest BCUT2D eigenvalue weighted by Gasteiger charge is 2.12. The number of halogens is 1. The monoisotopic (exact) mass is 358 g/mol. The lowest BCUT2D eigenvalue weighted by Gasteiger charge is -2.11. The van der Waals surface area contributed by atoms with Crippen LogP contribution in [0.15, 0.2) is 53.1 Å². The Kier molecular flexibility index (Phi) is 5.68. The van der Waals surface area contributed by atoms with E-state index in [0.717, 1.165) is 11.1 Å². The van der Waals surface area contributed by atoms with Gasteiger partial charge in [0.15, 0.2) is 0 Å². The Bertz CT molecular complexity index is 819. The second kappa shape index (κ2) is 8.14. The molecule has 0 amide bonds. The lowest BCUT2D eigenvalue weighted by molar-refractivity contribution is 0.0850. The molecule has 1 heterocycles. The summed E-state index contributed by atoms with van der Waals surface area (Å²) in [6.07, 6.45) is 0.0573. The Morgan fingerprint density at radius 3 is 2.60 bits per heavy atom. The van der Waals surface area contributed by atoms with Crippen molar-refractivity contribution in [3.8, 4) is 17.1 Å². The minimum atomic E-state index is 0.0573. The average Bonchev–Trinajstić information content (AvgIpc) is 3.06. The van der Waals surface area contributed by atoms with Crippen molar-refractivity contribution in [1.82, 2.24) is 10.1 Å². The summed E-state index contributed by atoms with van der Waals surface area (Å²) in [5, 5.41) is 4.49. The Balaban J connectivity index is 1.62. The number of hydrogen-bond acceptors (Lipinski definition) is 5. The minimum Gasteiger partial charge on any atom is -0.489 e. The molecule has 0 fully saturated rings. The van der Waals surface area contributed by atoms with Gasteiger partial charge in [-0.25, -0.2) is 0 Å². The summed E-state index contributed by atoms with van der Waals surface area (Å²) in [4.78, 5) is 4.34. The van der Waals surface area contributed by atoms with Crippen molar-refractivity contribution in [2.75, 3.05) is 0 Å². The van der Waals surface area contributed by atoms with E-state index >= 15 is 0 Å². The summed E-state index contributed by atoms with van der Waals surface area (Å²) in [6.45, 7) is 4.64. The van der Waals surface area contributed by atoms with E-state index in [4.69, 9.17) is 25.6 Å². The number of aromatic nitrogens is 2. The van der Waals surface area contributed by atoms with Gasteiger partial charge in [0.25, 0.3) is 5.89 Å². The van der Waals surface area contributed by atoms with Crippen LogP contribution in [0.2, 0.25) is 5.02 Å². The highest BCUT2D eigenvalue weighted by molar-refractivity contribution is 6.32. The topological polar surface area (TPSA) is 57.4 Å². The van der Waals surface area contributed by atoms with Crippen molar-refractivity contribution in [3.05, 3.63) is 65.0 Å². The van der Waals surface area contributed by atoms with Crippen molar-refractivity contribution >= 4 is 11.6 Å². The quantitative estimate of drug-likeness (QED) is 0.601. The molecule has 0 aliphatic carbocycles. The molecule has 3 aromatic rings. The molecule has 0 aliphatic heterocycles. The van der Waals surface area contributed by atoms with Crippen LogP contribution in [0.5, 0.6) is 5.75 Å². The molecule has 0 bridgehead atoms. The number of nitrogens with zero attached hydrogens (tertiary/aromatic N) is 2. The van der Waals surface area contributed by atoms with Crippen LogP contribution in [0.4, 0.5) is 0 Å². The smallest absolute Gasteiger partial charge is 0.252 e. The Morgan fingerprint density at radius 1 is 1.08 bits per heavy atom. The molecule has 0 saturated heterocycles. The second-order valence-electron chi connectivity index (χ2n) is 5.80. The van der Waals surface area contributed by atoms with Gasteiger partial charge in [-0.15, -0.1) is 0 Å². The zero-order chi connectivity index (χ0) is 17.6. The number of ether oxygens (including phenoxy) is 2. The molecular formula is C19H19ClN2O3. The van der Waals surface area contributed by atoms with Crippen LogP contribution in [-0.4, -0.2) is 16.2 Å². The summed E-state index contributed by atoms with van der Waals surface area (Å²) in [6, 6.07) is 15.3. The van der Waals surface area contributed by atoms with E-state index < -0.39 is 0 Å². The first-order valence-corrected chi connectivity index (χ1v) is 8.40. The van der Waals surface area contributed by atoms with Crippen LogP contribution < -0.4 is 4.74 Å². The molecule has 0 aliphatic rings. The maximum atomic E-state index is 6.25. The molecule has 0 spiro atoms. The normalized spacial score (nSPS) is 11.0. The van der Waals surface area contributed by atoms with Crippen LogP contribution in [0, 0.1) is 0 Å². The fourth-order valence-electron chi connectivity index (χ4n) is 2.25. The van der Waals surface area contributed by atoms with Gasteiger partial charge < -0.3 is 14.0 Å². The Hall–Kier alpha value is -2.37. The Labute approximate surface area is 151 Å². The maximum absolute atomic E-state index is 6.25. The van der Waals surface area contributed by atoms with Gasteiger partial charge in [-0.1, -0.05) is 47.1 Å². The highest BCUT2D eigenvalue weighted by atomic mass is 35.5. The van der Waals surface area contributed by atoms with Gasteiger partial charge in [0.2, 0.25) is 5.82 Å². The number of rotatable bonds is 7. The van der Waals surface area contributed by atoms with Gasteiger partial charge in [0.1, 0.15) is 12.4 Å². The van der Waals surface area contributed by atoms with Crippen LogP contribution in [0.1, 0.15) is 25.3 Å². The fourth-order valence-corrected chi connectivity index (χ4v) is 2.48. The highest BCUT2D eigenvalue weighted by Crippen LogP contribution is 2.30. The first kappa shape index (κ1) is 17.5. The van der Waals surface area contributed by atoms with Gasteiger partial charge in [-0.05, 0) is 37.6 Å². The van der Waals surface area contributed by atoms with Crippen LogP contribution in [0.3, 0.4) is 0 Å². The summed E-state index contributed by atoms with van der Waals surface area (Å²) < 4.78 is 16.5. The summed E-state index contributed by atoms with van der Waals surface area (Å²) in [5.74, 6) is 1.52. The van der Waals surface area contributed by atoms with E-state index in [1.165, 1.54) is 0 Å². The molecule has 130 valence electrons. The predicted octanol–water partition coefficient (Wildman–Crippen LogP) is 4.89. The van der Waals surface area contributed by atoms with E-state index in [2.05, 4.69) is 10.1 Å². The zero-order valence-electron chi connectivity index (χ0n) is 14.1. The van der Waals surface area contributed by atoms with E-state index in [1.54, 1.807) is 12.1 Å². The third-order valence-corrected chi connectivity index (χ3v) is 3.65. The molecule has 0 atom stereocenters. The van der Waals surface area contributed by atoms with E-state index in [0.29, 0.717) is 29.1 Å². The number of hydrogen-bond donors (Lipinski definition) is 0. The van der Waals surface area contributed by atoms with Crippen molar-refractivity contribution in [2.45, 2.75) is 33.2 Å². The van der Waals surface area contributed by atoms with Gasteiger partial charge >= 0.3 is 0 Å². The van der Waals surface area contributed by atoms with Gasteiger partial charge in [0, 0.05) is 5.56 Å². The summed E-state index contributed by atoms with van der Waals surface area (Å²) in [7, 11) is 0. The van der Waals surface area contributed by atoms with Crippen LogP contribution >= 0.6 is 11.6 Å². The van der Waals surface area contributed by atoms with E-state index in [9.17, 15) is 0 Å². The summed E-state index contributed by atoms with van der Waals surface area (Å²) in [5.41, 5.74) is 1.86. The average molecular weight is 359 g/mol. The van der Waals surface area contributed by atoms with Gasteiger partial charge in [-0.2, -0.15) is 4.98 Å². The molecule has 0 unspecified atom stereocenters. The SMILES string of the molecule is CC(C)Oc1ccc(-c2noc(COCc3ccccc3)n2)cc1Cl. The maximum Gasteiger partial charge on any atom is 0.252 e. The number of benzene rings is 2. The molecule has 0 radical (unpaired) electrons. The largest absolute Gasteiger partial charge is 0.489 e. The predicted molar refractivity (Wildman–Crippen MR) is 95.4 cm³/mol. The lowest BCUT2D eigenvalue weighted by Crippen LogP contribution is -2.05. The van der Waals surface area contributed by atoms with Crippen molar-refractivity contribution < 1.29 is 14.0 Å². The minimum absolute atomic E-state index is 0.0573. The lowest BCUT2D eigenvalue weighted by atomic mass is 10.2. The molecule has 1 aromatic heterocycles. The molecule has 3 rings (SSSR count). The fraction of sp³-hybridized carbons (Fsp3) is 0.263. The van der Waals surface area contributed by atoms with Crippen molar-refractivity contribution in [1.29, 1.82) is 0 Å². The van der Waals surface area contributed by atoms with Gasteiger partial charge in [0.05, 0.1) is 17.7 Å². The molecule has 6 heteroatoms. The molecule has 25 heavy (non-hydrogen) atoms. The van der Waals surface area contributed by atoms with E-state index in [1.807, 2.05) is 50.2 Å². The summed E-state index contributed by atoms with van der Waals surface area (Å²) >= 11 is 6.25. The third-order valence-electron chi connectivity index (χ3n) is 3.36. The van der Waals surface area contributed by atoms with Crippen LogP contribution in [0.25, 0.3) is 11.4 Å². The zero-order valence-corrected chi connectivity index (χ0v) is 14.9. The molecule has 0 saturated carbocycles. The van der Waals surface area contributed by atoms with E-state index in [-0.39, 0.29) is 12.7 Å². The molecule has 0 N–H and O–H groups in total. The first-order valence-electron chi connectivity index (χ1n) is 8.02. The van der Waals surface area contributed by atoms with Crippen molar-refractivity contribution in [2.24, 2.45) is 0 Å². The second-order valence-corrected chi connectivity index (χ2v) is 6.21. The van der Waals surface area contributed by atoms with Crippen molar-refractivity contribution in [3.63, 3.8) is 0 Å². The first-order chi connectivity index (χ1) is 12.1.